The summed E-state index contributed by atoms with van der Waals surface area (Å²) < 4.78 is 0.344. The van der Waals surface area contributed by atoms with Gasteiger partial charge in [0.1, 0.15) is 0 Å². The number of hydrogen-bond donors (Lipinski definition) is 1. The highest BCUT2D eigenvalue weighted by molar-refractivity contribution is 8.00. The molecule has 0 aliphatic carbocycles. The molecule has 0 aromatic heterocycles. The van der Waals surface area contributed by atoms with Gasteiger partial charge in [-0.1, -0.05) is 0 Å². The first kappa shape index (κ1) is 14.2. The summed E-state index contributed by atoms with van der Waals surface area (Å²) in [6.07, 6.45) is 6.21. The second-order valence-electron chi connectivity index (χ2n) is 5.89. The summed E-state index contributed by atoms with van der Waals surface area (Å²) in [5.41, 5.74) is 0. The van der Waals surface area contributed by atoms with Gasteiger partial charge < -0.3 is 10.2 Å². The molecule has 2 aliphatic heterocycles. The van der Waals surface area contributed by atoms with E-state index in [9.17, 15) is 4.79 Å². The van der Waals surface area contributed by atoms with Crippen LogP contribution in [0.1, 0.15) is 46.0 Å². The lowest BCUT2D eigenvalue weighted by Gasteiger charge is -2.31. The maximum absolute atomic E-state index is 12.3. The first-order valence-corrected chi connectivity index (χ1v) is 8.25. The smallest absolute Gasteiger partial charge is 0.239 e. The number of carbonyl (C=O) groups excluding carboxylic acids is 1. The summed E-state index contributed by atoms with van der Waals surface area (Å²) in [6.45, 7) is 7.20. The molecule has 2 rings (SSSR count). The Balaban J connectivity index is 1.76. The Morgan fingerprint density at radius 1 is 1.33 bits per heavy atom. The summed E-state index contributed by atoms with van der Waals surface area (Å²) in [5.74, 6) is 1.56. The van der Waals surface area contributed by atoms with Crippen LogP contribution in [0.3, 0.4) is 0 Å². The maximum Gasteiger partial charge on any atom is 0.239 e. The van der Waals surface area contributed by atoms with E-state index in [0.717, 1.165) is 19.6 Å². The van der Waals surface area contributed by atoms with Crippen LogP contribution >= 0.6 is 11.8 Å². The van der Waals surface area contributed by atoms with Crippen LogP contribution < -0.4 is 5.32 Å². The lowest BCUT2D eigenvalue weighted by Crippen LogP contribution is -2.49. The van der Waals surface area contributed by atoms with Crippen LogP contribution in [-0.2, 0) is 4.79 Å². The molecule has 2 aliphatic rings. The second kappa shape index (κ2) is 6.29. The minimum absolute atomic E-state index is 0.0267. The van der Waals surface area contributed by atoms with Crippen LogP contribution in [0.25, 0.3) is 0 Å². The molecule has 18 heavy (non-hydrogen) atoms. The number of amides is 1. The quantitative estimate of drug-likeness (QED) is 0.850. The summed E-state index contributed by atoms with van der Waals surface area (Å²) in [7, 11) is 0. The van der Waals surface area contributed by atoms with E-state index in [-0.39, 0.29) is 6.04 Å². The predicted octanol–water partition coefficient (Wildman–Crippen LogP) is 2.26. The third-order valence-corrected chi connectivity index (χ3v) is 5.66. The normalized spacial score (nSPS) is 30.4. The van der Waals surface area contributed by atoms with E-state index in [4.69, 9.17) is 0 Å². The molecule has 2 heterocycles. The lowest BCUT2D eigenvalue weighted by atomic mass is 10.1. The largest absolute Gasteiger partial charge is 0.341 e. The number of piperidine rings is 1. The highest BCUT2D eigenvalue weighted by atomic mass is 32.2. The Morgan fingerprint density at radius 3 is 2.67 bits per heavy atom. The molecule has 1 amide bonds. The van der Waals surface area contributed by atoms with Crippen molar-refractivity contribution >= 4 is 17.7 Å². The van der Waals surface area contributed by atoms with Crippen molar-refractivity contribution in [2.75, 3.05) is 25.4 Å². The maximum atomic E-state index is 12.3. The molecule has 2 unspecified atom stereocenters. The van der Waals surface area contributed by atoms with E-state index in [2.05, 4.69) is 12.2 Å². The van der Waals surface area contributed by atoms with Gasteiger partial charge in [-0.2, -0.15) is 11.8 Å². The highest BCUT2D eigenvalue weighted by Crippen LogP contribution is 2.37. The van der Waals surface area contributed by atoms with Gasteiger partial charge in [0.25, 0.3) is 0 Å². The fraction of sp³-hybridized carbons (Fsp3) is 0.929. The molecule has 2 fully saturated rings. The van der Waals surface area contributed by atoms with E-state index in [1.807, 2.05) is 23.6 Å². The van der Waals surface area contributed by atoms with Gasteiger partial charge in [-0.05, 0) is 51.7 Å². The van der Waals surface area contributed by atoms with Gasteiger partial charge in [-0.25, -0.2) is 0 Å². The molecule has 0 saturated carbocycles. The van der Waals surface area contributed by atoms with Gasteiger partial charge in [-0.3, -0.25) is 4.79 Å². The van der Waals surface area contributed by atoms with Gasteiger partial charge >= 0.3 is 0 Å². The SMILES string of the molecule is CC(NCC1(C)CCCS1)C(=O)N1CCCCC1. The zero-order valence-corrected chi connectivity index (χ0v) is 12.5. The van der Waals surface area contributed by atoms with Gasteiger partial charge in [0, 0.05) is 24.4 Å². The van der Waals surface area contributed by atoms with Crippen molar-refractivity contribution in [3.05, 3.63) is 0 Å². The number of carbonyl (C=O) groups is 1. The molecule has 104 valence electrons. The van der Waals surface area contributed by atoms with Gasteiger partial charge in [0.15, 0.2) is 0 Å². The second-order valence-corrected chi connectivity index (χ2v) is 7.57. The highest BCUT2D eigenvalue weighted by Gasteiger charge is 2.31. The Labute approximate surface area is 115 Å². The monoisotopic (exact) mass is 270 g/mol. The summed E-state index contributed by atoms with van der Waals surface area (Å²) in [4.78, 5) is 14.3. The van der Waals surface area contributed by atoms with Crippen molar-refractivity contribution in [3.63, 3.8) is 0 Å². The summed E-state index contributed by atoms with van der Waals surface area (Å²) in [6, 6.07) is -0.0267. The fourth-order valence-corrected chi connectivity index (χ4v) is 4.08. The van der Waals surface area contributed by atoms with Crippen molar-refractivity contribution in [3.8, 4) is 0 Å². The van der Waals surface area contributed by atoms with Crippen LogP contribution in [0.2, 0.25) is 0 Å². The molecule has 0 aromatic carbocycles. The Bertz CT molecular complexity index is 284. The predicted molar refractivity (Wildman–Crippen MR) is 78.0 cm³/mol. The number of nitrogens with zero attached hydrogens (tertiary/aromatic N) is 1. The number of likely N-dealkylation sites (tertiary alicyclic amines) is 1. The Kier molecular flexibility index (Phi) is 4.96. The number of rotatable bonds is 4. The van der Waals surface area contributed by atoms with Gasteiger partial charge in [0.2, 0.25) is 5.91 Å². The first-order chi connectivity index (χ1) is 8.61. The molecule has 0 radical (unpaired) electrons. The molecule has 4 heteroatoms. The molecule has 2 saturated heterocycles. The molecule has 1 N–H and O–H groups in total. The van der Waals surface area contributed by atoms with E-state index in [1.165, 1.54) is 37.9 Å². The molecule has 0 aromatic rings. The van der Waals surface area contributed by atoms with E-state index < -0.39 is 0 Å². The van der Waals surface area contributed by atoms with Gasteiger partial charge in [-0.15, -0.1) is 0 Å². The van der Waals surface area contributed by atoms with E-state index >= 15 is 0 Å². The van der Waals surface area contributed by atoms with Crippen LogP contribution in [0.15, 0.2) is 0 Å². The van der Waals surface area contributed by atoms with E-state index in [0.29, 0.717) is 10.7 Å². The zero-order chi connectivity index (χ0) is 13.0. The van der Waals surface area contributed by atoms with Crippen LogP contribution in [0.4, 0.5) is 0 Å². The topological polar surface area (TPSA) is 32.3 Å². The van der Waals surface area contributed by atoms with Crippen LogP contribution in [-0.4, -0.2) is 47.0 Å². The molecule has 0 bridgehead atoms. The fourth-order valence-electron chi connectivity index (χ4n) is 2.82. The Hall–Kier alpha value is -0.220. The van der Waals surface area contributed by atoms with Crippen molar-refractivity contribution in [2.24, 2.45) is 0 Å². The molecular weight excluding hydrogens is 244 g/mol. The number of nitrogens with one attached hydrogen (secondary N) is 1. The van der Waals surface area contributed by atoms with E-state index in [1.54, 1.807) is 0 Å². The number of thioether (sulfide) groups is 1. The average molecular weight is 270 g/mol. The van der Waals surface area contributed by atoms with Crippen molar-refractivity contribution in [2.45, 2.75) is 56.7 Å². The summed E-state index contributed by atoms with van der Waals surface area (Å²) in [5, 5.41) is 3.45. The number of hydrogen-bond acceptors (Lipinski definition) is 3. The third kappa shape index (κ3) is 3.64. The van der Waals surface area contributed by atoms with Gasteiger partial charge in [0.05, 0.1) is 6.04 Å². The van der Waals surface area contributed by atoms with Crippen molar-refractivity contribution in [1.82, 2.24) is 10.2 Å². The average Bonchev–Trinajstić information content (AvgIpc) is 2.83. The minimum Gasteiger partial charge on any atom is -0.341 e. The molecular formula is C14H26N2OS. The molecule has 0 spiro atoms. The Morgan fingerprint density at radius 2 is 2.06 bits per heavy atom. The lowest BCUT2D eigenvalue weighted by molar-refractivity contribution is -0.133. The van der Waals surface area contributed by atoms with Crippen LogP contribution in [0, 0.1) is 0 Å². The zero-order valence-electron chi connectivity index (χ0n) is 11.7. The molecule has 3 nitrogen and oxygen atoms in total. The first-order valence-electron chi connectivity index (χ1n) is 7.27. The van der Waals surface area contributed by atoms with Crippen molar-refractivity contribution < 1.29 is 4.79 Å². The molecule has 2 atom stereocenters. The summed E-state index contributed by atoms with van der Waals surface area (Å²) >= 11 is 2.05. The minimum atomic E-state index is -0.0267. The van der Waals surface area contributed by atoms with Crippen molar-refractivity contribution in [1.29, 1.82) is 0 Å². The van der Waals surface area contributed by atoms with Crippen LogP contribution in [0.5, 0.6) is 0 Å². The standard InChI is InChI=1S/C14H26N2OS/c1-12(13(17)16-8-4-3-5-9-16)15-11-14(2)7-6-10-18-14/h12,15H,3-11H2,1-2H3. The third-order valence-electron chi connectivity index (χ3n) is 4.12.